The molecule has 0 radical (unpaired) electrons. The Morgan fingerprint density at radius 3 is 2.30 bits per heavy atom. The zero-order valence-electron chi connectivity index (χ0n) is 24.5. The molecule has 0 aromatic heterocycles. The standard InChI is InChI=1S/C36H26Br2N2O6/c1-44-32-19-23(18-31(38)33(32)46-21-25-7-4-6-24-5-2-3-8-29(24)25)17-30-34(41)39-36(43)40(35(30)42)27-13-15-28(16-14-27)45-20-22-9-11-26(37)12-10-22/h2-19H,20-21H2,1H3,(H,39,41,43)/b30-17+. The summed E-state index contributed by atoms with van der Waals surface area (Å²) in [5, 5.41) is 4.46. The number of carbonyl (C=O) groups excluding carboxylic acids is 3. The van der Waals surface area contributed by atoms with Crippen LogP contribution in [-0.2, 0) is 22.8 Å². The Hall–Kier alpha value is -4.93. The molecule has 4 amide bonds. The Kier molecular flexibility index (Phi) is 9.18. The fourth-order valence-corrected chi connectivity index (χ4v) is 5.87. The number of urea groups is 1. The Morgan fingerprint density at radius 1 is 0.804 bits per heavy atom. The van der Waals surface area contributed by atoms with Crippen molar-refractivity contribution in [2.45, 2.75) is 13.2 Å². The largest absolute Gasteiger partial charge is 0.493 e. The number of benzene rings is 5. The third-order valence-electron chi connectivity index (χ3n) is 7.33. The van der Waals surface area contributed by atoms with Gasteiger partial charge < -0.3 is 14.2 Å². The van der Waals surface area contributed by atoms with Gasteiger partial charge in [0.25, 0.3) is 11.8 Å². The number of methoxy groups -OCH3 is 1. The van der Waals surface area contributed by atoms with Crippen molar-refractivity contribution in [3.63, 3.8) is 0 Å². The van der Waals surface area contributed by atoms with Crippen molar-refractivity contribution in [3.05, 3.63) is 134 Å². The smallest absolute Gasteiger partial charge is 0.335 e. The number of hydrogen-bond donors (Lipinski definition) is 1. The van der Waals surface area contributed by atoms with Crippen LogP contribution in [0.4, 0.5) is 10.5 Å². The monoisotopic (exact) mass is 740 g/mol. The topological polar surface area (TPSA) is 94.2 Å². The van der Waals surface area contributed by atoms with Crippen LogP contribution in [0.15, 0.2) is 118 Å². The lowest BCUT2D eigenvalue weighted by Gasteiger charge is -2.26. The summed E-state index contributed by atoms with van der Waals surface area (Å²) >= 11 is 6.97. The van der Waals surface area contributed by atoms with Crippen LogP contribution in [0.1, 0.15) is 16.7 Å². The van der Waals surface area contributed by atoms with E-state index in [1.165, 1.54) is 13.2 Å². The van der Waals surface area contributed by atoms with Crippen molar-refractivity contribution in [1.82, 2.24) is 5.32 Å². The van der Waals surface area contributed by atoms with Crippen molar-refractivity contribution in [1.29, 1.82) is 0 Å². The van der Waals surface area contributed by atoms with E-state index in [4.69, 9.17) is 14.2 Å². The van der Waals surface area contributed by atoms with E-state index in [-0.39, 0.29) is 11.3 Å². The molecule has 1 heterocycles. The highest BCUT2D eigenvalue weighted by atomic mass is 79.9. The zero-order chi connectivity index (χ0) is 32.2. The summed E-state index contributed by atoms with van der Waals surface area (Å²) in [4.78, 5) is 40.0. The molecule has 1 N–H and O–H groups in total. The summed E-state index contributed by atoms with van der Waals surface area (Å²) in [7, 11) is 1.51. The van der Waals surface area contributed by atoms with Crippen molar-refractivity contribution >= 4 is 72.2 Å². The molecule has 8 nitrogen and oxygen atoms in total. The highest BCUT2D eigenvalue weighted by molar-refractivity contribution is 9.10. The minimum atomic E-state index is -0.841. The van der Waals surface area contributed by atoms with E-state index >= 15 is 0 Å². The van der Waals surface area contributed by atoms with E-state index in [1.54, 1.807) is 36.4 Å². The predicted octanol–water partition coefficient (Wildman–Crippen LogP) is 8.20. The van der Waals surface area contributed by atoms with Gasteiger partial charge in [-0.15, -0.1) is 0 Å². The Balaban J connectivity index is 1.20. The van der Waals surface area contributed by atoms with Crippen LogP contribution in [0.3, 0.4) is 0 Å². The van der Waals surface area contributed by atoms with Crippen LogP contribution in [0.25, 0.3) is 16.8 Å². The zero-order valence-corrected chi connectivity index (χ0v) is 27.6. The molecule has 6 rings (SSSR count). The highest BCUT2D eigenvalue weighted by Gasteiger charge is 2.37. The lowest BCUT2D eigenvalue weighted by atomic mass is 10.1. The van der Waals surface area contributed by atoms with Gasteiger partial charge in [0.1, 0.15) is 24.5 Å². The van der Waals surface area contributed by atoms with Crippen LogP contribution >= 0.6 is 31.9 Å². The molecule has 0 saturated carbocycles. The maximum absolute atomic E-state index is 13.5. The first-order chi connectivity index (χ1) is 22.3. The number of imide groups is 2. The predicted molar refractivity (Wildman–Crippen MR) is 183 cm³/mol. The lowest BCUT2D eigenvalue weighted by Crippen LogP contribution is -2.54. The summed E-state index contributed by atoms with van der Waals surface area (Å²) in [6.07, 6.45) is 1.41. The van der Waals surface area contributed by atoms with Crippen LogP contribution < -0.4 is 24.4 Å². The molecule has 46 heavy (non-hydrogen) atoms. The van der Waals surface area contributed by atoms with E-state index in [1.807, 2.05) is 66.7 Å². The number of ether oxygens (including phenoxy) is 3. The maximum Gasteiger partial charge on any atom is 0.335 e. The van der Waals surface area contributed by atoms with Gasteiger partial charge in [0.2, 0.25) is 0 Å². The average molecular weight is 742 g/mol. The Labute approximate surface area is 281 Å². The second-order valence-electron chi connectivity index (χ2n) is 10.3. The maximum atomic E-state index is 13.5. The van der Waals surface area contributed by atoms with Gasteiger partial charge in [-0.25, -0.2) is 9.69 Å². The first kappa shape index (κ1) is 31.1. The Morgan fingerprint density at radius 2 is 1.54 bits per heavy atom. The molecule has 1 saturated heterocycles. The van der Waals surface area contributed by atoms with Crippen LogP contribution in [-0.4, -0.2) is 25.0 Å². The second kappa shape index (κ2) is 13.6. The van der Waals surface area contributed by atoms with E-state index in [2.05, 4.69) is 37.2 Å². The number of rotatable bonds is 9. The van der Waals surface area contributed by atoms with Gasteiger partial charge in [-0.05, 0) is 98.0 Å². The molecular weight excluding hydrogens is 716 g/mol. The number of nitrogens with one attached hydrogen (secondary N) is 1. The summed E-state index contributed by atoms with van der Waals surface area (Å²) in [6.45, 7) is 0.645. The first-order valence-electron chi connectivity index (χ1n) is 14.2. The highest BCUT2D eigenvalue weighted by Crippen LogP contribution is 2.38. The van der Waals surface area contributed by atoms with Gasteiger partial charge in [-0.1, -0.05) is 70.5 Å². The molecule has 5 aromatic rings. The molecule has 1 aliphatic heterocycles. The molecule has 5 aromatic carbocycles. The average Bonchev–Trinajstić information content (AvgIpc) is 3.06. The number of barbiturate groups is 1. The SMILES string of the molecule is COc1cc(/C=C2\C(=O)NC(=O)N(c3ccc(OCc4ccc(Br)cc4)cc3)C2=O)cc(Br)c1OCc1cccc2ccccc12. The van der Waals surface area contributed by atoms with Gasteiger partial charge in [0.15, 0.2) is 11.5 Å². The number of carbonyl (C=O) groups is 3. The summed E-state index contributed by atoms with van der Waals surface area (Å²) in [5.74, 6) is -0.133. The fourth-order valence-electron chi connectivity index (χ4n) is 5.03. The summed E-state index contributed by atoms with van der Waals surface area (Å²) < 4.78 is 19.2. The molecule has 10 heteroatoms. The van der Waals surface area contributed by atoms with Gasteiger partial charge >= 0.3 is 6.03 Å². The van der Waals surface area contributed by atoms with Gasteiger partial charge in [0.05, 0.1) is 17.3 Å². The molecule has 1 fully saturated rings. The number of nitrogens with zero attached hydrogens (tertiary/aromatic N) is 1. The van der Waals surface area contributed by atoms with E-state index < -0.39 is 17.8 Å². The van der Waals surface area contributed by atoms with E-state index in [9.17, 15) is 14.4 Å². The van der Waals surface area contributed by atoms with Crippen molar-refractivity contribution in [3.8, 4) is 17.2 Å². The quantitative estimate of drug-likeness (QED) is 0.121. The van der Waals surface area contributed by atoms with Gasteiger partial charge in [-0.3, -0.25) is 14.9 Å². The second-order valence-corrected chi connectivity index (χ2v) is 12.1. The Bertz CT molecular complexity index is 1990. The van der Waals surface area contributed by atoms with Crippen molar-refractivity contribution < 1.29 is 28.6 Å². The lowest BCUT2D eigenvalue weighted by molar-refractivity contribution is -0.122. The van der Waals surface area contributed by atoms with E-state index in [0.717, 1.165) is 31.3 Å². The summed E-state index contributed by atoms with van der Waals surface area (Å²) in [5.41, 5.74) is 2.56. The van der Waals surface area contributed by atoms with Crippen LogP contribution in [0, 0.1) is 0 Å². The minimum absolute atomic E-state index is 0.214. The molecule has 1 aliphatic rings. The van der Waals surface area contributed by atoms with Gasteiger partial charge in [0, 0.05) is 4.47 Å². The summed E-state index contributed by atoms with van der Waals surface area (Å²) in [6, 6.07) is 30.9. The number of amides is 4. The number of halogens is 2. The van der Waals surface area contributed by atoms with Crippen LogP contribution in [0.2, 0.25) is 0 Å². The van der Waals surface area contributed by atoms with Gasteiger partial charge in [-0.2, -0.15) is 0 Å². The fraction of sp³-hybridized carbons (Fsp3) is 0.0833. The third kappa shape index (κ3) is 6.68. The third-order valence-corrected chi connectivity index (χ3v) is 8.45. The molecule has 0 bridgehead atoms. The molecule has 0 atom stereocenters. The molecule has 0 spiro atoms. The minimum Gasteiger partial charge on any atom is -0.493 e. The number of anilines is 1. The van der Waals surface area contributed by atoms with Crippen LogP contribution in [0.5, 0.6) is 17.2 Å². The first-order valence-corrected chi connectivity index (χ1v) is 15.7. The molecular formula is C36H26Br2N2O6. The normalized spacial score (nSPS) is 14.0. The molecule has 0 aliphatic carbocycles. The van der Waals surface area contributed by atoms with E-state index in [0.29, 0.717) is 40.5 Å². The number of hydrogen-bond acceptors (Lipinski definition) is 6. The molecule has 230 valence electrons. The van der Waals surface area contributed by atoms with Crippen molar-refractivity contribution in [2.75, 3.05) is 12.0 Å². The molecule has 0 unspecified atom stereocenters. The van der Waals surface area contributed by atoms with Crippen molar-refractivity contribution in [2.24, 2.45) is 0 Å². The number of fused-ring (bicyclic) bond motifs is 1.